The smallest absolute Gasteiger partial charge is 0.255 e. The number of carbonyl (C=O) groups excluding carboxylic acids is 1. The first-order chi connectivity index (χ1) is 10.1. The number of benzene rings is 2. The Morgan fingerprint density at radius 2 is 1.95 bits per heavy atom. The van der Waals surface area contributed by atoms with Gasteiger partial charge in [0.25, 0.3) is 5.91 Å². The van der Waals surface area contributed by atoms with Crippen molar-refractivity contribution in [1.82, 2.24) is 0 Å². The van der Waals surface area contributed by atoms with Crippen LogP contribution in [0.15, 0.2) is 46.9 Å². The Balaban J connectivity index is 2.07. The average Bonchev–Trinajstić information content (AvgIpc) is 2.49. The summed E-state index contributed by atoms with van der Waals surface area (Å²) in [7, 11) is 0. The summed E-state index contributed by atoms with van der Waals surface area (Å²) in [6, 6.07) is 12.8. The van der Waals surface area contributed by atoms with Crippen molar-refractivity contribution in [3.05, 3.63) is 58.1 Å². The number of amides is 1. The Hall–Kier alpha value is -1.85. The van der Waals surface area contributed by atoms with Gasteiger partial charge in [0.05, 0.1) is 0 Å². The van der Waals surface area contributed by atoms with E-state index < -0.39 is 0 Å². The summed E-state index contributed by atoms with van der Waals surface area (Å²) in [5.74, 6) is 0.599. The third-order valence-corrected chi connectivity index (χ3v) is 3.44. The van der Waals surface area contributed by atoms with Crippen LogP contribution in [-0.2, 0) is 0 Å². The van der Waals surface area contributed by atoms with Crippen LogP contribution >= 0.6 is 15.9 Å². The minimum atomic E-state index is -0.135. The highest BCUT2D eigenvalue weighted by Crippen LogP contribution is 2.19. The van der Waals surface area contributed by atoms with Gasteiger partial charge in [0, 0.05) is 22.3 Å². The first-order valence-electron chi connectivity index (χ1n) is 6.60. The van der Waals surface area contributed by atoms with Crippen LogP contribution in [0.25, 0.3) is 0 Å². The molecule has 0 aromatic heterocycles. The van der Waals surface area contributed by atoms with Crippen molar-refractivity contribution < 1.29 is 9.53 Å². The van der Waals surface area contributed by atoms with Gasteiger partial charge in [-0.2, -0.15) is 0 Å². The first-order valence-corrected chi connectivity index (χ1v) is 7.40. The van der Waals surface area contributed by atoms with Crippen molar-refractivity contribution in [3.63, 3.8) is 0 Å². The molecule has 110 valence electrons. The van der Waals surface area contributed by atoms with Crippen molar-refractivity contribution in [2.45, 2.75) is 6.92 Å². The number of halogens is 1. The molecule has 21 heavy (non-hydrogen) atoms. The fraction of sp³-hybridized carbons (Fsp3) is 0.188. The van der Waals surface area contributed by atoms with Gasteiger partial charge in [-0.1, -0.05) is 22.0 Å². The van der Waals surface area contributed by atoms with E-state index in [4.69, 9.17) is 10.5 Å². The Labute approximate surface area is 132 Å². The lowest BCUT2D eigenvalue weighted by molar-refractivity contribution is 0.102. The van der Waals surface area contributed by atoms with Crippen molar-refractivity contribution >= 4 is 27.5 Å². The molecule has 0 unspecified atom stereocenters. The predicted octanol–water partition coefficient (Wildman–Crippen LogP) is 3.35. The summed E-state index contributed by atoms with van der Waals surface area (Å²) in [6.07, 6.45) is 0. The molecule has 1 amide bonds. The number of rotatable bonds is 5. The summed E-state index contributed by atoms with van der Waals surface area (Å²) in [5.41, 5.74) is 7.67. The van der Waals surface area contributed by atoms with E-state index in [-0.39, 0.29) is 5.91 Å². The van der Waals surface area contributed by atoms with Gasteiger partial charge in [0.15, 0.2) is 0 Å². The highest BCUT2D eigenvalue weighted by atomic mass is 79.9. The van der Waals surface area contributed by atoms with Crippen LogP contribution in [0.5, 0.6) is 5.75 Å². The molecule has 3 N–H and O–H groups in total. The molecule has 0 aliphatic heterocycles. The molecule has 0 saturated carbocycles. The van der Waals surface area contributed by atoms with Gasteiger partial charge in [-0.15, -0.1) is 0 Å². The summed E-state index contributed by atoms with van der Waals surface area (Å²) < 4.78 is 6.27. The van der Waals surface area contributed by atoms with E-state index in [1.807, 2.05) is 25.1 Å². The third-order valence-electron chi connectivity index (χ3n) is 2.94. The number of nitrogens with one attached hydrogen (secondary N) is 1. The number of carbonyl (C=O) groups is 1. The maximum absolute atomic E-state index is 12.3. The number of aryl methyl sites for hydroxylation is 1. The second kappa shape index (κ2) is 7.24. The molecule has 5 heteroatoms. The third kappa shape index (κ3) is 4.31. The summed E-state index contributed by atoms with van der Waals surface area (Å²) in [4.78, 5) is 12.3. The van der Waals surface area contributed by atoms with Gasteiger partial charge in [-0.3, -0.25) is 4.79 Å². The lowest BCUT2D eigenvalue weighted by Gasteiger charge is -2.09. The molecule has 0 heterocycles. The van der Waals surface area contributed by atoms with Gasteiger partial charge in [0.1, 0.15) is 12.4 Å². The van der Waals surface area contributed by atoms with Gasteiger partial charge in [-0.25, -0.2) is 0 Å². The van der Waals surface area contributed by atoms with Gasteiger partial charge < -0.3 is 15.8 Å². The number of nitrogens with two attached hydrogens (primary N) is 1. The SMILES string of the molecule is Cc1ccc(Br)cc1C(=O)Nc1ccc(OCCN)cc1. The molecule has 0 fully saturated rings. The van der Waals surface area contributed by atoms with E-state index in [0.29, 0.717) is 18.7 Å². The van der Waals surface area contributed by atoms with Crippen molar-refractivity contribution in [2.24, 2.45) is 5.73 Å². The standard InChI is InChI=1S/C16H17BrN2O2/c1-11-2-3-12(17)10-15(11)16(20)19-13-4-6-14(7-5-13)21-9-8-18/h2-7,10H,8-9,18H2,1H3,(H,19,20). The van der Waals surface area contributed by atoms with Crippen LogP contribution in [0, 0.1) is 6.92 Å². The molecule has 0 saturated heterocycles. The van der Waals surface area contributed by atoms with Gasteiger partial charge in [0.2, 0.25) is 0 Å². The normalized spacial score (nSPS) is 10.2. The van der Waals surface area contributed by atoms with E-state index in [9.17, 15) is 4.79 Å². The number of hydrogen-bond acceptors (Lipinski definition) is 3. The maximum atomic E-state index is 12.3. The maximum Gasteiger partial charge on any atom is 0.255 e. The summed E-state index contributed by atoms with van der Waals surface area (Å²) in [5, 5.41) is 2.87. The topological polar surface area (TPSA) is 64.3 Å². The van der Waals surface area contributed by atoms with Crippen LogP contribution in [0.4, 0.5) is 5.69 Å². The zero-order valence-electron chi connectivity index (χ0n) is 11.7. The Morgan fingerprint density at radius 3 is 2.62 bits per heavy atom. The number of anilines is 1. The fourth-order valence-corrected chi connectivity index (χ4v) is 2.21. The molecule has 0 aliphatic carbocycles. The lowest BCUT2D eigenvalue weighted by Crippen LogP contribution is -2.13. The van der Waals surface area contributed by atoms with E-state index in [1.54, 1.807) is 24.3 Å². The molecule has 4 nitrogen and oxygen atoms in total. The van der Waals surface area contributed by atoms with E-state index in [2.05, 4.69) is 21.2 Å². The zero-order chi connectivity index (χ0) is 15.2. The molecule has 0 atom stereocenters. The lowest BCUT2D eigenvalue weighted by atomic mass is 10.1. The minimum absolute atomic E-state index is 0.135. The van der Waals surface area contributed by atoms with Crippen molar-refractivity contribution in [3.8, 4) is 5.75 Å². The van der Waals surface area contributed by atoms with E-state index >= 15 is 0 Å². The molecule has 0 spiro atoms. The molecule has 2 rings (SSSR count). The largest absolute Gasteiger partial charge is 0.492 e. The van der Waals surface area contributed by atoms with Crippen LogP contribution in [0.2, 0.25) is 0 Å². The van der Waals surface area contributed by atoms with E-state index in [0.717, 1.165) is 21.5 Å². The van der Waals surface area contributed by atoms with Crippen molar-refractivity contribution in [2.75, 3.05) is 18.5 Å². The quantitative estimate of drug-likeness (QED) is 0.870. The van der Waals surface area contributed by atoms with Gasteiger partial charge >= 0.3 is 0 Å². The second-order valence-corrected chi connectivity index (χ2v) is 5.49. The number of hydrogen-bond donors (Lipinski definition) is 2. The van der Waals surface area contributed by atoms with Gasteiger partial charge in [-0.05, 0) is 48.9 Å². The molecule has 0 radical (unpaired) electrons. The number of ether oxygens (including phenoxy) is 1. The second-order valence-electron chi connectivity index (χ2n) is 4.57. The molecule has 0 aliphatic rings. The fourth-order valence-electron chi connectivity index (χ4n) is 1.85. The predicted molar refractivity (Wildman–Crippen MR) is 87.8 cm³/mol. The van der Waals surface area contributed by atoms with Crippen LogP contribution in [0.3, 0.4) is 0 Å². The van der Waals surface area contributed by atoms with Crippen LogP contribution < -0.4 is 15.8 Å². The molecule has 2 aromatic rings. The van der Waals surface area contributed by atoms with Crippen LogP contribution in [0.1, 0.15) is 15.9 Å². The Kier molecular flexibility index (Phi) is 5.36. The zero-order valence-corrected chi connectivity index (χ0v) is 13.3. The first kappa shape index (κ1) is 15.5. The van der Waals surface area contributed by atoms with E-state index in [1.165, 1.54) is 0 Å². The average molecular weight is 349 g/mol. The Bertz CT molecular complexity index is 627. The monoisotopic (exact) mass is 348 g/mol. The summed E-state index contributed by atoms with van der Waals surface area (Å²) >= 11 is 3.38. The van der Waals surface area contributed by atoms with Crippen molar-refractivity contribution in [1.29, 1.82) is 0 Å². The highest BCUT2D eigenvalue weighted by molar-refractivity contribution is 9.10. The molecular formula is C16H17BrN2O2. The minimum Gasteiger partial charge on any atom is -0.492 e. The molecule has 2 aromatic carbocycles. The Morgan fingerprint density at radius 1 is 1.24 bits per heavy atom. The van der Waals surface area contributed by atoms with Crippen LogP contribution in [-0.4, -0.2) is 19.1 Å². The molecular weight excluding hydrogens is 332 g/mol. The highest BCUT2D eigenvalue weighted by Gasteiger charge is 2.09. The summed E-state index contributed by atoms with van der Waals surface area (Å²) in [6.45, 7) is 2.86. The molecule has 0 bridgehead atoms.